The van der Waals surface area contributed by atoms with E-state index in [1.807, 2.05) is 43.3 Å². The minimum absolute atomic E-state index is 0.349. The van der Waals surface area contributed by atoms with Crippen LogP contribution in [-0.4, -0.2) is 6.61 Å². The molecule has 0 aliphatic rings. The third-order valence-corrected chi connectivity index (χ3v) is 3.62. The summed E-state index contributed by atoms with van der Waals surface area (Å²) in [6.07, 6.45) is 0.936. The Bertz CT molecular complexity index is 862. The van der Waals surface area contributed by atoms with Crippen LogP contribution >= 0.6 is 0 Å². The second-order valence-corrected chi connectivity index (χ2v) is 5.30. The van der Waals surface area contributed by atoms with Crippen molar-refractivity contribution in [2.45, 2.75) is 20.3 Å². The summed E-state index contributed by atoms with van der Waals surface area (Å²) in [7, 11) is 0. The zero-order valence-corrected chi connectivity index (χ0v) is 12.8. The van der Waals surface area contributed by atoms with Crippen LogP contribution in [0.2, 0.25) is 0 Å². The summed E-state index contributed by atoms with van der Waals surface area (Å²) >= 11 is 0. The van der Waals surface area contributed by atoms with Gasteiger partial charge in [0.25, 0.3) is 0 Å². The average molecular weight is 294 g/mol. The normalized spacial score (nSPS) is 10.8. The van der Waals surface area contributed by atoms with Gasteiger partial charge in [-0.1, -0.05) is 31.2 Å². The van der Waals surface area contributed by atoms with Crippen molar-refractivity contribution in [1.82, 2.24) is 0 Å². The van der Waals surface area contributed by atoms with E-state index in [2.05, 4.69) is 6.92 Å². The van der Waals surface area contributed by atoms with E-state index in [9.17, 15) is 4.79 Å². The lowest BCUT2D eigenvalue weighted by molar-refractivity contribution is 0.317. The van der Waals surface area contributed by atoms with Gasteiger partial charge in [-0.05, 0) is 36.6 Å². The maximum Gasteiger partial charge on any atom is 0.336 e. The SMILES string of the molecule is CCCOc1ccc2c(-c3ccccc3C)cc(=O)oc2c1. The van der Waals surface area contributed by atoms with E-state index in [0.29, 0.717) is 12.2 Å². The lowest BCUT2D eigenvalue weighted by Gasteiger charge is -2.10. The van der Waals surface area contributed by atoms with Gasteiger partial charge >= 0.3 is 5.63 Å². The zero-order valence-electron chi connectivity index (χ0n) is 12.8. The Hall–Kier alpha value is -2.55. The van der Waals surface area contributed by atoms with Gasteiger partial charge in [-0.2, -0.15) is 0 Å². The predicted molar refractivity (Wildman–Crippen MR) is 88.4 cm³/mol. The molecule has 3 nitrogen and oxygen atoms in total. The molecule has 2 aromatic carbocycles. The molecular formula is C19H18O3. The molecule has 3 aromatic rings. The molecule has 0 bridgehead atoms. The second kappa shape index (κ2) is 6.06. The first-order valence-electron chi connectivity index (χ1n) is 7.46. The summed E-state index contributed by atoms with van der Waals surface area (Å²) in [6, 6.07) is 15.2. The number of rotatable bonds is 4. The van der Waals surface area contributed by atoms with E-state index >= 15 is 0 Å². The highest BCUT2D eigenvalue weighted by Crippen LogP contribution is 2.31. The van der Waals surface area contributed by atoms with E-state index in [-0.39, 0.29) is 5.63 Å². The van der Waals surface area contributed by atoms with Crippen LogP contribution in [0.4, 0.5) is 0 Å². The number of ether oxygens (including phenoxy) is 1. The largest absolute Gasteiger partial charge is 0.493 e. The van der Waals surface area contributed by atoms with Crippen LogP contribution in [0.1, 0.15) is 18.9 Å². The summed E-state index contributed by atoms with van der Waals surface area (Å²) in [5.41, 5.74) is 3.27. The molecule has 112 valence electrons. The van der Waals surface area contributed by atoms with Crippen LogP contribution in [0.3, 0.4) is 0 Å². The summed E-state index contributed by atoms with van der Waals surface area (Å²) in [5, 5.41) is 0.915. The van der Waals surface area contributed by atoms with Gasteiger partial charge in [0.1, 0.15) is 11.3 Å². The second-order valence-electron chi connectivity index (χ2n) is 5.30. The van der Waals surface area contributed by atoms with Crippen LogP contribution in [-0.2, 0) is 0 Å². The number of benzene rings is 2. The fraction of sp³-hybridized carbons (Fsp3) is 0.211. The van der Waals surface area contributed by atoms with E-state index in [0.717, 1.165) is 34.2 Å². The highest BCUT2D eigenvalue weighted by atomic mass is 16.5. The van der Waals surface area contributed by atoms with Gasteiger partial charge in [0, 0.05) is 23.1 Å². The van der Waals surface area contributed by atoms with Gasteiger partial charge in [0.2, 0.25) is 0 Å². The van der Waals surface area contributed by atoms with E-state index in [1.54, 1.807) is 12.1 Å². The minimum atomic E-state index is -0.349. The molecule has 1 heterocycles. The smallest absolute Gasteiger partial charge is 0.336 e. The molecule has 0 amide bonds. The molecule has 0 unspecified atom stereocenters. The Morgan fingerprint density at radius 1 is 1.05 bits per heavy atom. The van der Waals surface area contributed by atoms with Gasteiger partial charge in [-0.3, -0.25) is 0 Å². The molecule has 0 aliphatic heterocycles. The maximum absolute atomic E-state index is 11.9. The molecule has 0 spiro atoms. The van der Waals surface area contributed by atoms with E-state index in [4.69, 9.17) is 9.15 Å². The molecule has 0 atom stereocenters. The van der Waals surface area contributed by atoms with Gasteiger partial charge in [0.05, 0.1) is 6.61 Å². The molecule has 0 saturated carbocycles. The molecule has 0 radical (unpaired) electrons. The Balaban J connectivity index is 2.19. The first-order valence-corrected chi connectivity index (χ1v) is 7.46. The number of hydrogen-bond donors (Lipinski definition) is 0. The van der Waals surface area contributed by atoms with Crippen LogP contribution in [0, 0.1) is 6.92 Å². The standard InChI is InChI=1S/C19H18O3/c1-3-10-21-14-8-9-16-17(12-19(20)22-18(16)11-14)15-7-5-4-6-13(15)2/h4-9,11-12H,3,10H2,1-2H3. The molecule has 0 aliphatic carbocycles. The highest BCUT2D eigenvalue weighted by molar-refractivity contribution is 5.94. The van der Waals surface area contributed by atoms with E-state index < -0.39 is 0 Å². The van der Waals surface area contributed by atoms with Crippen molar-refractivity contribution in [3.8, 4) is 16.9 Å². The average Bonchev–Trinajstić information content (AvgIpc) is 2.52. The van der Waals surface area contributed by atoms with Crippen molar-refractivity contribution < 1.29 is 9.15 Å². The summed E-state index contributed by atoms with van der Waals surface area (Å²) < 4.78 is 11.0. The van der Waals surface area contributed by atoms with Crippen molar-refractivity contribution >= 4 is 11.0 Å². The molecule has 22 heavy (non-hydrogen) atoms. The zero-order chi connectivity index (χ0) is 15.5. The fourth-order valence-electron chi connectivity index (χ4n) is 2.55. The molecular weight excluding hydrogens is 276 g/mol. The topological polar surface area (TPSA) is 39.4 Å². The van der Waals surface area contributed by atoms with Gasteiger partial charge in [0.15, 0.2) is 0 Å². The molecule has 0 N–H and O–H groups in total. The maximum atomic E-state index is 11.9. The molecule has 3 heteroatoms. The van der Waals surface area contributed by atoms with Crippen molar-refractivity contribution in [3.05, 3.63) is 64.5 Å². The number of fused-ring (bicyclic) bond motifs is 1. The number of aryl methyl sites for hydroxylation is 1. The quantitative estimate of drug-likeness (QED) is 0.662. The third-order valence-electron chi connectivity index (χ3n) is 3.62. The molecule has 1 aromatic heterocycles. The lowest BCUT2D eigenvalue weighted by atomic mass is 9.98. The van der Waals surface area contributed by atoms with Gasteiger partial charge < -0.3 is 9.15 Å². The summed E-state index contributed by atoms with van der Waals surface area (Å²) in [5.74, 6) is 0.722. The van der Waals surface area contributed by atoms with Crippen molar-refractivity contribution in [2.24, 2.45) is 0 Å². The first-order chi connectivity index (χ1) is 10.7. The Morgan fingerprint density at radius 3 is 2.64 bits per heavy atom. The number of hydrogen-bond acceptors (Lipinski definition) is 3. The lowest BCUT2D eigenvalue weighted by Crippen LogP contribution is -2.00. The summed E-state index contributed by atoms with van der Waals surface area (Å²) in [4.78, 5) is 11.9. The molecule has 0 fully saturated rings. The monoisotopic (exact) mass is 294 g/mol. The van der Waals surface area contributed by atoms with Crippen LogP contribution in [0.25, 0.3) is 22.1 Å². The summed E-state index contributed by atoms with van der Waals surface area (Å²) in [6.45, 7) is 4.74. The Morgan fingerprint density at radius 2 is 1.86 bits per heavy atom. The molecule has 0 saturated heterocycles. The predicted octanol–water partition coefficient (Wildman–Crippen LogP) is 4.56. The first kappa shape index (κ1) is 14.4. The van der Waals surface area contributed by atoms with Crippen LogP contribution < -0.4 is 10.4 Å². The van der Waals surface area contributed by atoms with Crippen molar-refractivity contribution in [3.63, 3.8) is 0 Å². The Labute approximate surface area is 129 Å². The van der Waals surface area contributed by atoms with Gasteiger partial charge in [-0.25, -0.2) is 4.79 Å². The van der Waals surface area contributed by atoms with E-state index in [1.165, 1.54) is 0 Å². The van der Waals surface area contributed by atoms with Crippen LogP contribution in [0.15, 0.2) is 57.7 Å². The van der Waals surface area contributed by atoms with Gasteiger partial charge in [-0.15, -0.1) is 0 Å². The highest BCUT2D eigenvalue weighted by Gasteiger charge is 2.10. The molecule has 3 rings (SSSR count). The van der Waals surface area contributed by atoms with Crippen molar-refractivity contribution in [2.75, 3.05) is 6.61 Å². The minimum Gasteiger partial charge on any atom is -0.493 e. The van der Waals surface area contributed by atoms with Crippen molar-refractivity contribution in [1.29, 1.82) is 0 Å². The fourth-order valence-corrected chi connectivity index (χ4v) is 2.55. The van der Waals surface area contributed by atoms with Crippen LogP contribution in [0.5, 0.6) is 5.75 Å². The Kier molecular flexibility index (Phi) is 3.96. The third kappa shape index (κ3) is 2.75.